The van der Waals surface area contributed by atoms with Crippen LogP contribution in [-0.2, 0) is 13.1 Å². The summed E-state index contributed by atoms with van der Waals surface area (Å²) in [5.74, 6) is 0.695. The first-order chi connectivity index (χ1) is 10.9. The minimum atomic E-state index is 0.592. The summed E-state index contributed by atoms with van der Waals surface area (Å²) in [7, 11) is 3.55. The van der Waals surface area contributed by atoms with Gasteiger partial charge in [0.2, 0.25) is 0 Å². The molecule has 124 valence electrons. The number of hydrogen-bond donors (Lipinski definition) is 1. The zero-order valence-electron chi connectivity index (χ0n) is 13.8. The number of anilines is 1. The Labute approximate surface area is 147 Å². The molecule has 0 radical (unpaired) electrons. The molecule has 0 fully saturated rings. The summed E-state index contributed by atoms with van der Waals surface area (Å²) >= 11 is 11.5. The van der Waals surface area contributed by atoms with E-state index in [4.69, 9.17) is 28.6 Å². The van der Waals surface area contributed by atoms with Gasteiger partial charge >= 0.3 is 0 Å². The highest BCUT2D eigenvalue weighted by molar-refractivity contribution is 7.80. The predicted octanol–water partition coefficient (Wildman–Crippen LogP) is 3.70. The van der Waals surface area contributed by atoms with Crippen LogP contribution >= 0.6 is 23.8 Å². The molecule has 0 aliphatic rings. The van der Waals surface area contributed by atoms with Crippen LogP contribution in [0.15, 0.2) is 24.4 Å². The maximum Gasteiger partial charge on any atom is 0.173 e. The Morgan fingerprint density at radius 3 is 2.83 bits per heavy atom. The average Bonchev–Trinajstić information content (AvgIpc) is 2.87. The van der Waals surface area contributed by atoms with Crippen LogP contribution in [0.25, 0.3) is 0 Å². The third kappa shape index (κ3) is 4.36. The molecule has 7 heteroatoms. The lowest BCUT2D eigenvalue weighted by molar-refractivity contribution is 0.416. The summed E-state index contributed by atoms with van der Waals surface area (Å²) in [6.07, 6.45) is 2.05. The molecular weight excluding hydrogens is 332 g/mol. The van der Waals surface area contributed by atoms with Gasteiger partial charge in [-0.25, -0.2) is 0 Å². The molecule has 0 bridgehead atoms. The van der Waals surface area contributed by atoms with Crippen molar-refractivity contribution in [1.82, 2.24) is 14.7 Å². The van der Waals surface area contributed by atoms with Crippen molar-refractivity contribution >= 4 is 34.6 Å². The summed E-state index contributed by atoms with van der Waals surface area (Å²) < 4.78 is 7.25. The number of nitrogens with one attached hydrogen (secondary N) is 1. The van der Waals surface area contributed by atoms with Crippen molar-refractivity contribution in [3.63, 3.8) is 0 Å². The lowest BCUT2D eigenvalue weighted by Gasteiger charge is -2.21. The molecule has 0 atom stereocenters. The van der Waals surface area contributed by atoms with Crippen LogP contribution in [0.1, 0.15) is 18.2 Å². The van der Waals surface area contributed by atoms with Gasteiger partial charge in [-0.05, 0) is 44.3 Å². The van der Waals surface area contributed by atoms with E-state index in [1.165, 1.54) is 0 Å². The molecule has 0 aliphatic heterocycles. The molecule has 1 N–H and O–H groups in total. The first-order valence-electron chi connectivity index (χ1n) is 7.33. The van der Waals surface area contributed by atoms with Gasteiger partial charge in [0.1, 0.15) is 5.75 Å². The van der Waals surface area contributed by atoms with Crippen LogP contribution in [-0.4, -0.2) is 34.0 Å². The lowest BCUT2D eigenvalue weighted by atomic mass is 10.2. The minimum Gasteiger partial charge on any atom is -0.495 e. The van der Waals surface area contributed by atoms with Crippen LogP contribution in [0.2, 0.25) is 5.02 Å². The van der Waals surface area contributed by atoms with Gasteiger partial charge < -0.3 is 15.0 Å². The van der Waals surface area contributed by atoms with E-state index in [0.717, 1.165) is 23.5 Å². The van der Waals surface area contributed by atoms with Gasteiger partial charge in [0.05, 0.1) is 18.5 Å². The first-order valence-corrected chi connectivity index (χ1v) is 8.11. The van der Waals surface area contributed by atoms with Crippen LogP contribution in [0.5, 0.6) is 5.75 Å². The Bertz CT molecular complexity index is 701. The molecule has 0 unspecified atom stereocenters. The van der Waals surface area contributed by atoms with Gasteiger partial charge in [0.15, 0.2) is 5.11 Å². The number of methoxy groups -OCH3 is 1. The summed E-state index contributed by atoms with van der Waals surface area (Å²) in [5, 5.41) is 8.85. The second kappa shape index (κ2) is 7.66. The van der Waals surface area contributed by atoms with Crippen molar-refractivity contribution < 1.29 is 4.74 Å². The second-order valence-corrected chi connectivity index (χ2v) is 6.05. The van der Waals surface area contributed by atoms with Crippen molar-refractivity contribution in [2.24, 2.45) is 0 Å². The van der Waals surface area contributed by atoms with Crippen molar-refractivity contribution in [3.05, 3.63) is 40.7 Å². The molecule has 0 saturated heterocycles. The fourth-order valence-corrected chi connectivity index (χ4v) is 2.54. The van der Waals surface area contributed by atoms with Crippen molar-refractivity contribution in [3.8, 4) is 5.75 Å². The summed E-state index contributed by atoms with van der Waals surface area (Å²) in [6.45, 7) is 5.61. The van der Waals surface area contributed by atoms with Crippen LogP contribution in [0.4, 0.5) is 5.69 Å². The van der Waals surface area contributed by atoms with E-state index in [1.54, 1.807) is 19.2 Å². The molecule has 1 heterocycles. The summed E-state index contributed by atoms with van der Waals surface area (Å²) in [4.78, 5) is 1.96. The van der Waals surface area contributed by atoms with Gasteiger partial charge in [-0.2, -0.15) is 5.10 Å². The molecular formula is C16H21ClN4OS. The zero-order chi connectivity index (χ0) is 17.0. The molecule has 23 heavy (non-hydrogen) atoms. The normalized spacial score (nSPS) is 10.5. The molecule has 0 spiro atoms. The number of ether oxygens (including phenoxy) is 1. The lowest BCUT2D eigenvalue weighted by Crippen LogP contribution is -2.30. The highest BCUT2D eigenvalue weighted by Crippen LogP contribution is 2.28. The molecule has 2 rings (SSSR count). The monoisotopic (exact) mass is 352 g/mol. The van der Waals surface area contributed by atoms with Gasteiger partial charge in [0, 0.05) is 36.9 Å². The van der Waals surface area contributed by atoms with Crippen LogP contribution < -0.4 is 10.1 Å². The predicted molar refractivity (Wildman–Crippen MR) is 98.3 cm³/mol. The van der Waals surface area contributed by atoms with Gasteiger partial charge in [-0.3, -0.25) is 4.68 Å². The zero-order valence-corrected chi connectivity index (χ0v) is 15.3. The highest BCUT2D eigenvalue weighted by atomic mass is 35.5. The standard InChI is InChI=1S/C16H21ClN4OS/c1-5-21-10-12(11(2)19-21)9-20(3)16(23)18-14-8-13(17)6-7-15(14)22-4/h6-8,10H,5,9H2,1-4H3,(H,18,23). The smallest absolute Gasteiger partial charge is 0.173 e. The average molecular weight is 353 g/mol. The minimum absolute atomic E-state index is 0.592. The number of benzene rings is 1. The fourth-order valence-electron chi connectivity index (χ4n) is 2.19. The topological polar surface area (TPSA) is 42.3 Å². The molecule has 5 nitrogen and oxygen atoms in total. The van der Waals surface area contributed by atoms with E-state index < -0.39 is 0 Å². The fraction of sp³-hybridized carbons (Fsp3) is 0.375. The Hall–Kier alpha value is -1.79. The van der Waals surface area contributed by atoms with Crippen molar-refractivity contribution in [2.45, 2.75) is 26.9 Å². The molecule has 0 saturated carbocycles. The van der Waals surface area contributed by atoms with Gasteiger partial charge in [-0.1, -0.05) is 11.6 Å². The number of aryl methyl sites for hydroxylation is 2. The highest BCUT2D eigenvalue weighted by Gasteiger charge is 2.12. The van der Waals surface area contributed by atoms with Gasteiger partial charge in [-0.15, -0.1) is 0 Å². The molecule has 2 aromatic rings. The number of rotatable bonds is 5. The largest absolute Gasteiger partial charge is 0.495 e. The van der Waals surface area contributed by atoms with Gasteiger partial charge in [0.25, 0.3) is 0 Å². The number of hydrogen-bond acceptors (Lipinski definition) is 3. The Morgan fingerprint density at radius 2 is 2.22 bits per heavy atom. The molecule has 1 aromatic heterocycles. The molecule has 0 aliphatic carbocycles. The van der Waals surface area contributed by atoms with Crippen molar-refractivity contribution in [2.75, 3.05) is 19.5 Å². The number of aromatic nitrogens is 2. The third-order valence-corrected chi connectivity index (χ3v) is 4.18. The molecule has 1 aromatic carbocycles. The summed E-state index contributed by atoms with van der Waals surface area (Å²) in [6, 6.07) is 5.38. The van der Waals surface area contributed by atoms with E-state index in [9.17, 15) is 0 Å². The van der Waals surface area contributed by atoms with E-state index in [2.05, 4.69) is 23.5 Å². The number of nitrogens with zero attached hydrogens (tertiary/aromatic N) is 3. The Morgan fingerprint density at radius 1 is 1.48 bits per heavy atom. The molecule has 0 amide bonds. The Balaban J connectivity index is 2.08. The van der Waals surface area contributed by atoms with Crippen LogP contribution in [0.3, 0.4) is 0 Å². The maximum absolute atomic E-state index is 6.04. The summed E-state index contributed by atoms with van der Waals surface area (Å²) in [5.41, 5.74) is 2.91. The van der Waals surface area contributed by atoms with E-state index in [0.29, 0.717) is 22.4 Å². The first kappa shape index (κ1) is 17.6. The second-order valence-electron chi connectivity index (χ2n) is 5.23. The number of thiocarbonyl (C=S) groups is 1. The number of halogens is 1. The van der Waals surface area contributed by atoms with E-state index in [-0.39, 0.29) is 0 Å². The van der Waals surface area contributed by atoms with Crippen molar-refractivity contribution in [1.29, 1.82) is 0 Å². The van der Waals surface area contributed by atoms with Crippen LogP contribution in [0, 0.1) is 6.92 Å². The van der Waals surface area contributed by atoms with E-state index in [1.807, 2.05) is 29.6 Å². The Kier molecular flexibility index (Phi) is 5.85. The SMILES string of the molecule is CCn1cc(CN(C)C(=S)Nc2cc(Cl)ccc2OC)c(C)n1. The maximum atomic E-state index is 6.04. The third-order valence-electron chi connectivity index (χ3n) is 3.53. The quantitative estimate of drug-likeness (QED) is 0.831. The van der Waals surface area contributed by atoms with E-state index >= 15 is 0 Å².